The van der Waals surface area contributed by atoms with Crippen LogP contribution < -0.4 is 0 Å². The molecule has 174 valence electrons. The predicted octanol–water partition coefficient (Wildman–Crippen LogP) is 6.47. The molecule has 0 aliphatic carbocycles. The van der Waals surface area contributed by atoms with Crippen LogP contribution in [0.15, 0.2) is 47.4 Å². The topological polar surface area (TPSA) is 79.6 Å². The molecule has 10 heteroatoms. The monoisotopic (exact) mass is 518 g/mol. The number of carboxylic acids is 1. The number of halogens is 3. The van der Waals surface area contributed by atoms with Crippen LogP contribution in [0, 0.1) is 19.7 Å². The molecular formula is C24H17Cl2FN2O4S. The quantitative estimate of drug-likeness (QED) is 0.391. The van der Waals surface area contributed by atoms with Crippen LogP contribution in [0.2, 0.25) is 10.0 Å². The number of aromatic nitrogens is 1. The number of nitrogens with zero attached hydrogens (tertiary/aromatic N) is 2. The number of carbonyl (C=O) groups excluding carboxylic acids is 2. The molecule has 1 aliphatic heterocycles. The average Bonchev–Trinajstić information content (AvgIpc) is 3.20. The van der Waals surface area contributed by atoms with Gasteiger partial charge >= 0.3 is 5.97 Å². The molecular weight excluding hydrogens is 502 g/mol. The SMILES string of the molecule is Cc1cc(/C=C2\SC(=O)N(Cc3c(F)cccc3Cl)C2=O)c(C)n1-c1ccc(Cl)c(C(=O)O)c1. The first-order chi connectivity index (χ1) is 16.1. The molecule has 0 saturated carbocycles. The lowest BCUT2D eigenvalue weighted by Crippen LogP contribution is -2.28. The summed E-state index contributed by atoms with van der Waals surface area (Å²) in [4.78, 5) is 38.1. The molecule has 0 bridgehead atoms. The van der Waals surface area contributed by atoms with Gasteiger partial charge in [-0.3, -0.25) is 14.5 Å². The van der Waals surface area contributed by atoms with Gasteiger partial charge in [-0.15, -0.1) is 0 Å². The van der Waals surface area contributed by atoms with Gasteiger partial charge in [-0.05, 0) is 73.6 Å². The van der Waals surface area contributed by atoms with Crippen molar-refractivity contribution in [1.29, 1.82) is 0 Å². The fourth-order valence-corrected chi connectivity index (χ4v) is 5.02. The van der Waals surface area contributed by atoms with E-state index in [0.29, 0.717) is 11.3 Å². The Morgan fingerprint density at radius 1 is 1.12 bits per heavy atom. The van der Waals surface area contributed by atoms with E-state index in [1.165, 1.54) is 30.3 Å². The van der Waals surface area contributed by atoms with Crippen molar-refractivity contribution in [3.05, 3.63) is 91.3 Å². The number of hydrogen-bond donors (Lipinski definition) is 1. The summed E-state index contributed by atoms with van der Waals surface area (Å²) in [6.07, 6.45) is 1.60. The smallest absolute Gasteiger partial charge is 0.337 e. The molecule has 0 radical (unpaired) electrons. The van der Waals surface area contributed by atoms with E-state index in [4.69, 9.17) is 23.2 Å². The second kappa shape index (κ2) is 9.29. The van der Waals surface area contributed by atoms with Gasteiger partial charge in [-0.25, -0.2) is 9.18 Å². The predicted molar refractivity (Wildman–Crippen MR) is 130 cm³/mol. The maximum Gasteiger partial charge on any atom is 0.337 e. The maximum absolute atomic E-state index is 14.2. The molecule has 1 aliphatic rings. The van der Waals surface area contributed by atoms with E-state index in [9.17, 15) is 23.9 Å². The first-order valence-electron chi connectivity index (χ1n) is 9.99. The Balaban J connectivity index is 1.67. The molecule has 0 unspecified atom stereocenters. The molecule has 2 aromatic carbocycles. The maximum atomic E-state index is 14.2. The highest BCUT2D eigenvalue weighted by Crippen LogP contribution is 2.36. The summed E-state index contributed by atoms with van der Waals surface area (Å²) >= 11 is 12.8. The van der Waals surface area contributed by atoms with Crippen LogP contribution in [0.4, 0.5) is 9.18 Å². The van der Waals surface area contributed by atoms with Crippen molar-refractivity contribution in [1.82, 2.24) is 9.47 Å². The number of thioether (sulfide) groups is 1. The summed E-state index contributed by atoms with van der Waals surface area (Å²) in [7, 11) is 0. The van der Waals surface area contributed by atoms with Crippen LogP contribution in [0.1, 0.15) is 32.9 Å². The second-order valence-corrected chi connectivity index (χ2v) is 9.41. The second-order valence-electron chi connectivity index (χ2n) is 7.60. The van der Waals surface area contributed by atoms with Crippen molar-refractivity contribution < 1.29 is 23.9 Å². The third kappa shape index (κ3) is 4.36. The first kappa shape index (κ1) is 24.1. The van der Waals surface area contributed by atoms with E-state index in [1.54, 1.807) is 12.1 Å². The summed E-state index contributed by atoms with van der Waals surface area (Å²) in [5.74, 6) is -2.28. The van der Waals surface area contributed by atoms with Crippen molar-refractivity contribution in [2.24, 2.45) is 0 Å². The fourth-order valence-electron chi connectivity index (χ4n) is 3.77. The van der Waals surface area contributed by atoms with Crippen LogP contribution in [0.25, 0.3) is 11.8 Å². The number of aromatic carboxylic acids is 1. The lowest BCUT2D eigenvalue weighted by molar-refractivity contribution is -0.123. The Labute approximate surface area is 208 Å². The molecule has 2 heterocycles. The zero-order valence-corrected chi connectivity index (χ0v) is 20.3. The van der Waals surface area contributed by atoms with Gasteiger partial charge in [0.05, 0.1) is 22.0 Å². The first-order valence-corrected chi connectivity index (χ1v) is 11.6. The van der Waals surface area contributed by atoms with Gasteiger partial charge in [0.2, 0.25) is 0 Å². The van der Waals surface area contributed by atoms with Crippen molar-refractivity contribution >= 4 is 58.2 Å². The van der Waals surface area contributed by atoms with E-state index >= 15 is 0 Å². The van der Waals surface area contributed by atoms with Gasteiger partial charge in [-0.2, -0.15) is 0 Å². The number of amides is 2. The van der Waals surface area contributed by atoms with Gasteiger partial charge in [-0.1, -0.05) is 29.3 Å². The van der Waals surface area contributed by atoms with Gasteiger partial charge in [0.15, 0.2) is 0 Å². The van der Waals surface area contributed by atoms with Crippen LogP contribution in [-0.2, 0) is 11.3 Å². The normalized spacial score (nSPS) is 15.0. The number of aryl methyl sites for hydroxylation is 1. The summed E-state index contributed by atoms with van der Waals surface area (Å²) in [5.41, 5.74) is 2.85. The number of hydrogen-bond acceptors (Lipinski definition) is 4. The summed E-state index contributed by atoms with van der Waals surface area (Å²) < 4.78 is 16.0. The number of benzene rings is 2. The summed E-state index contributed by atoms with van der Waals surface area (Å²) in [6, 6.07) is 10.7. The zero-order valence-electron chi connectivity index (χ0n) is 17.9. The van der Waals surface area contributed by atoms with Crippen LogP contribution >= 0.6 is 35.0 Å². The number of carbonyl (C=O) groups is 3. The molecule has 0 atom stereocenters. The lowest BCUT2D eigenvalue weighted by atomic mass is 10.2. The van der Waals surface area contributed by atoms with Crippen molar-refractivity contribution in [2.75, 3.05) is 0 Å². The molecule has 34 heavy (non-hydrogen) atoms. The molecule has 6 nitrogen and oxygen atoms in total. The Kier molecular flexibility index (Phi) is 6.58. The average molecular weight is 519 g/mol. The minimum Gasteiger partial charge on any atom is -0.478 e. The van der Waals surface area contributed by atoms with Crippen LogP contribution in [-0.4, -0.2) is 31.7 Å². The van der Waals surface area contributed by atoms with E-state index < -0.39 is 22.9 Å². The number of imide groups is 1. The van der Waals surface area contributed by atoms with Crippen molar-refractivity contribution in [2.45, 2.75) is 20.4 Å². The Hall–Kier alpha value is -3.07. The minimum absolute atomic E-state index is 0.0267. The standard InChI is InChI=1S/C24H17Cl2FN2O4S/c1-12-8-14(13(2)29(12)15-6-7-19(26)16(10-15)23(31)32)9-21-22(30)28(24(33)34-21)11-17-18(25)4-3-5-20(17)27/h3-10H,11H2,1-2H3,(H,31,32)/b21-9-. The highest BCUT2D eigenvalue weighted by Gasteiger charge is 2.36. The third-order valence-electron chi connectivity index (χ3n) is 5.45. The highest BCUT2D eigenvalue weighted by atomic mass is 35.5. The van der Waals surface area contributed by atoms with E-state index in [0.717, 1.165) is 28.0 Å². The summed E-state index contributed by atoms with van der Waals surface area (Å²) in [6.45, 7) is 3.39. The van der Waals surface area contributed by atoms with Gasteiger partial charge < -0.3 is 9.67 Å². The fraction of sp³-hybridized carbons (Fsp3) is 0.125. The molecule has 1 N–H and O–H groups in total. The molecule has 4 rings (SSSR count). The molecule has 1 saturated heterocycles. The van der Waals surface area contributed by atoms with Crippen LogP contribution in [0.3, 0.4) is 0 Å². The molecule has 1 fully saturated rings. The van der Waals surface area contributed by atoms with E-state index in [1.807, 2.05) is 24.5 Å². The third-order valence-corrected chi connectivity index (χ3v) is 7.04. The van der Waals surface area contributed by atoms with Gasteiger partial charge in [0, 0.05) is 27.7 Å². The lowest BCUT2D eigenvalue weighted by Gasteiger charge is -2.14. The number of carboxylic acid groups (broad SMARTS) is 1. The number of rotatable bonds is 5. The Morgan fingerprint density at radius 2 is 1.85 bits per heavy atom. The highest BCUT2D eigenvalue weighted by molar-refractivity contribution is 8.18. The van der Waals surface area contributed by atoms with Crippen molar-refractivity contribution in [3.8, 4) is 5.69 Å². The Morgan fingerprint density at radius 3 is 2.53 bits per heavy atom. The van der Waals surface area contributed by atoms with Gasteiger partial charge in [0.1, 0.15) is 5.82 Å². The molecule has 0 spiro atoms. The minimum atomic E-state index is -1.14. The molecule has 2 amide bonds. The van der Waals surface area contributed by atoms with Gasteiger partial charge in [0.25, 0.3) is 11.1 Å². The van der Waals surface area contributed by atoms with E-state index in [-0.39, 0.29) is 32.6 Å². The zero-order chi connectivity index (χ0) is 24.7. The van der Waals surface area contributed by atoms with E-state index in [2.05, 4.69) is 0 Å². The largest absolute Gasteiger partial charge is 0.478 e. The molecule has 3 aromatic rings. The summed E-state index contributed by atoms with van der Waals surface area (Å²) in [5, 5.41) is 9.12. The van der Waals surface area contributed by atoms with Crippen molar-refractivity contribution in [3.63, 3.8) is 0 Å². The van der Waals surface area contributed by atoms with Crippen LogP contribution in [0.5, 0.6) is 0 Å². The molecule has 1 aromatic heterocycles. The Bertz CT molecular complexity index is 1380.